The highest BCUT2D eigenvalue weighted by molar-refractivity contribution is 5.76. The Kier molecular flexibility index (Phi) is 3.38. The molecule has 1 amide bonds. The summed E-state index contributed by atoms with van der Waals surface area (Å²) in [5, 5.41) is 10.6. The number of hydrogen-bond donors (Lipinski definition) is 0. The van der Waals surface area contributed by atoms with Gasteiger partial charge in [0.2, 0.25) is 5.91 Å². The maximum atomic E-state index is 11.9. The van der Waals surface area contributed by atoms with Gasteiger partial charge in [0.1, 0.15) is 30.5 Å². The molecule has 21 heavy (non-hydrogen) atoms. The van der Waals surface area contributed by atoms with Crippen LogP contribution in [0.5, 0.6) is 5.75 Å². The number of amides is 1. The first-order valence-corrected chi connectivity index (χ1v) is 6.37. The van der Waals surface area contributed by atoms with Gasteiger partial charge in [-0.3, -0.25) is 4.79 Å². The summed E-state index contributed by atoms with van der Waals surface area (Å²) in [6, 6.07) is 2.94. The predicted octanol–water partition coefficient (Wildman–Crippen LogP) is -0.775. The fourth-order valence-corrected chi connectivity index (χ4v) is 2.04. The standard InChI is InChI=1S/C12H13N5O4/c1-8-2-9(3-12(19)20-8)21-10-4-16(5-10)11(18)6-17-7-13-14-15-17/h2-3,7,10H,4-6H2,1H3. The lowest BCUT2D eigenvalue weighted by atomic mass is 10.1. The smallest absolute Gasteiger partial charge is 0.339 e. The molecule has 0 radical (unpaired) electrons. The van der Waals surface area contributed by atoms with E-state index < -0.39 is 5.63 Å². The van der Waals surface area contributed by atoms with Crippen molar-refractivity contribution < 1.29 is 13.9 Å². The van der Waals surface area contributed by atoms with Gasteiger partial charge in [-0.15, -0.1) is 5.10 Å². The Balaban J connectivity index is 1.51. The number of rotatable bonds is 4. The van der Waals surface area contributed by atoms with Gasteiger partial charge in [-0.1, -0.05) is 0 Å². The number of ether oxygens (including phenoxy) is 1. The van der Waals surface area contributed by atoms with Gasteiger partial charge in [0.05, 0.1) is 19.2 Å². The zero-order valence-corrected chi connectivity index (χ0v) is 11.3. The molecular weight excluding hydrogens is 278 g/mol. The molecule has 0 bridgehead atoms. The molecule has 0 spiro atoms. The van der Waals surface area contributed by atoms with Crippen molar-refractivity contribution in [2.45, 2.75) is 19.6 Å². The second-order valence-corrected chi connectivity index (χ2v) is 4.77. The van der Waals surface area contributed by atoms with Crippen LogP contribution >= 0.6 is 0 Å². The number of likely N-dealkylation sites (tertiary alicyclic amines) is 1. The van der Waals surface area contributed by atoms with Gasteiger partial charge in [-0.05, 0) is 17.4 Å². The van der Waals surface area contributed by atoms with E-state index >= 15 is 0 Å². The second kappa shape index (κ2) is 5.35. The van der Waals surface area contributed by atoms with E-state index in [1.807, 2.05) is 0 Å². The number of tetrazole rings is 1. The highest BCUT2D eigenvalue weighted by atomic mass is 16.5. The molecule has 110 valence electrons. The van der Waals surface area contributed by atoms with E-state index in [9.17, 15) is 9.59 Å². The van der Waals surface area contributed by atoms with Gasteiger partial charge >= 0.3 is 5.63 Å². The van der Waals surface area contributed by atoms with Crippen LogP contribution < -0.4 is 10.4 Å². The van der Waals surface area contributed by atoms with Gasteiger partial charge in [0, 0.05) is 6.07 Å². The average Bonchev–Trinajstić information content (AvgIpc) is 2.84. The Morgan fingerprint density at radius 1 is 1.48 bits per heavy atom. The van der Waals surface area contributed by atoms with Crippen LogP contribution in [-0.4, -0.2) is 50.2 Å². The van der Waals surface area contributed by atoms with Crippen molar-refractivity contribution in [3.05, 3.63) is 34.6 Å². The molecule has 0 unspecified atom stereocenters. The van der Waals surface area contributed by atoms with Crippen LogP contribution in [0.1, 0.15) is 5.76 Å². The van der Waals surface area contributed by atoms with Crippen LogP contribution in [0, 0.1) is 6.92 Å². The highest BCUT2D eigenvalue weighted by Crippen LogP contribution is 2.18. The average molecular weight is 291 g/mol. The van der Waals surface area contributed by atoms with E-state index in [2.05, 4.69) is 15.5 Å². The first-order valence-electron chi connectivity index (χ1n) is 6.37. The molecule has 2 aromatic rings. The molecule has 0 N–H and O–H groups in total. The minimum Gasteiger partial charge on any atom is -0.486 e. The molecule has 9 nitrogen and oxygen atoms in total. The summed E-state index contributed by atoms with van der Waals surface area (Å²) in [6.07, 6.45) is 1.27. The van der Waals surface area contributed by atoms with Gasteiger partial charge < -0.3 is 14.1 Å². The van der Waals surface area contributed by atoms with Gasteiger partial charge in [-0.2, -0.15) is 0 Å². The summed E-state index contributed by atoms with van der Waals surface area (Å²) in [6.45, 7) is 2.73. The lowest BCUT2D eigenvalue weighted by molar-refractivity contribution is -0.140. The van der Waals surface area contributed by atoms with Crippen LogP contribution in [0.4, 0.5) is 0 Å². The lowest BCUT2D eigenvalue weighted by Crippen LogP contribution is -2.57. The van der Waals surface area contributed by atoms with Crippen molar-refractivity contribution in [3.63, 3.8) is 0 Å². The predicted molar refractivity (Wildman–Crippen MR) is 68.5 cm³/mol. The molecule has 0 saturated carbocycles. The van der Waals surface area contributed by atoms with Crippen molar-refractivity contribution in [1.82, 2.24) is 25.1 Å². The van der Waals surface area contributed by atoms with Gasteiger partial charge in [-0.25, -0.2) is 9.48 Å². The third kappa shape index (κ3) is 3.07. The van der Waals surface area contributed by atoms with Crippen LogP contribution in [0.3, 0.4) is 0 Å². The van der Waals surface area contributed by atoms with Crippen molar-refractivity contribution >= 4 is 5.91 Å². The number of aromatic nitrogens is 4. The number of aryl methyl sites for hydroxylation is 1. The van der Waals surface area contributed by atoms with E-state index in [0.29, 0.717) is 24.6 Å². The minimum atomic E-state index is -0.448. The number of hydrogen-bond acceptors (Lipinski definition) is 7. The number of carbonyl (C=O) groups is 1. The third-order valence-electron chi connectivity index (χ3n) is 3.06. The van der Waals surface area contributed by atoms with E-state index in [4.69, 9.17) is 9.15 Å². The first-order chi connectivity index (χ1) is 10.1. The summed E-state index contributed by atoms with van der Waals surface area (Å²) < 4.78 is 11.8. The Hall–Kier alpha value is -2.71. The largest absolute Gasteiger partial charge is 0.486 e. The third-order valence-corrected chi connectivity index (χ3v) is 3.06. The Labute approximate surface area is 119 Å². The van der Waals surface area contributed by atoms with Gasteiger partial charge in [0.25, 0.3) is 0 Å². The van der Waals surface area contributed by atoms with E-state index in [1.165, 1.54) is 17.1 Å². The summed E-state index contributed by atoms with van der Waals surface area (Å²) >= 11 is 0. The fraction of sp³-hybridized carbons (Fsp3) is 0.417. The quantitative estimate of drug-likeness (QED) is 0.728. The molecule has 1 aliphatic heterocycles. The number of carbonyl (C=O) groups excluding carboxylic acids is 1. The Morgan fingerprint density at radius 2 is 2.29 bits per heavy atom. The van der Waals surface area contributed by atoms with Crippen LogP contribution in [-0.2, 0) is 11.3 Å². The molecule has 1 saturated heterocycles. The molecule has 0 atom stereocenters. The minimum absolute atomic E-state index is 0.0779. The lowest BCUT2D eigenvalue weighted by Gasteiger charge is -2.38. The molecule has 3 rings (SSSR count). The van der Waals surface area contributed by atoms with Crippen LogP contribution in [0.15, 0.2) is 27.7 Å². The highest BCUT2D eigenvalue weighted by Gasteiger charge is 2.32. The molecule has 0 aromatic carbocycles. The summed E-state index contributed by atoms with van der Waals surface area (Å²) in [4.78, 5) is 24.7. The van der Waals surface area contributed by atoms with Crippen molar-refractivity contribution in [2.24, 2.45) is 0 Å². The van der Waals surface area contributed by atoms with E-state index in [1.54, 1.807) is 17.9 Å². The Bertz CT molecular complexity index is 690. The Morgan fingerprint density at radius 3 is 2.95 bits per heavy atom. The summed E-state index contributed by atoms with van der Waals surface area (Å²) in [7, 11) is 0. The SMILES string of the molecule is Cc1cc(OC2CN(C(=O)Cn3cnnn3)C2)cc(=O)o1. The fourth-order valence-electron chi connectivity index (χ4n) is 2.04. The maximum absolute atomic E-state index is 11.9. The van der Waals surface area contributed by atoms with E-state index in [-0.39, 0.29) is 18.6 Å². The molecule has 0 aliphatic carbocycles. The van der Waals surface area contributed by atoms with Crippen LogP contribution in [0.25, 0.3) is 0 Å². The van der Waals surface area contributed by atoms with E-state index in [0.717, 1.165) is 0 Å². The zero-order chi connectivity index (χ0) is 14.8. The monoisotopic (exact) mass is 291 g/mol. The second-order valence-electron chi connectivity index (χ2n) is 4.77. The molecule has 9 heteroatoms. The maximum Gasteiger partial charge on any atom is 0.339 e. The molecular formula is C12H13N5O4. The molecule has 1 fully saturated rings. The summed E-state index contributed by atoms with van der Waals surface area (Å²) in [5.41, 5.74) is -0.448. The van der Waals surface area contributed by atoms with Crippen LogP contribution in [0.2, 0.25) is 0 Å². The van der Waals surface area contributed by atoms with Crippen molar-refractivity contribution in [3.8, 4) is 5.75 Å². The summed E-state index contributed by atoms with van der Waals surface area (Å²) in [5.74, 6) is 0.871. The molecule has 3 heterocycles. The molecule has 1 aliphatic rings. The topological polar surface area (TPSA) is 103 Å². The molecule has 2 aromatic heterocycles. The first kappa shape index (κ1) is 13.3. The van der Waals surface area contributed by atoms with Gasteiger partial charge in [0.15, 0.2) is 0 Å². The zero-order valence-electron chi connectivity index (χ0n) is 11.3. The van der Waals surface area contributed by atoms with Crippen molar-refractivity contribution in [1.29, 1.82) is 0 Å². The number of nitrogens with zero attached hydrogens (tertiary/aromatic N) is 5. The van der Waals surface area contributed by atoms with Crippen molar-refractivity contribution in [2.75, 3.05) is 13.1 Å². The normalized spacial score (nSPS) is 14.8.